The summed E-state index contributed by atoms with van der Waals surface area (Å²) in [5.41, 5.74) is 6.99. The first-order valence-electron chi connectivity index (χ1n) is 7.01. The number of ether oxygens (including phenoxy) is 1. The van der Waals surface area contributed by atoms with Crippen molar-refractivity contribution >= 4 is 28.3 Å². The maximum absolute atomic E-state index is 11.5. The van der Waals surface area contributed by atoms with Crippen molar-refractivity contribution in [1.29, 1.82) is 0 Å². The molecule has 0 saturated heterocycles. The molecule has 0 spiro atoms. The van der Waals surface area contributed by atoms with Crippen LogP contribution >= 0.6 is 11.3 Å². The molecular weight excluding hydrogens is 316 g/mol. The fourth-order valence-corrected chi connectivity index (χ4v) is 2.46. The topological polar surface area (TPSA) is 106 Å². The Hall–Kier alpha value is -2.45. The zero-order valence-corrected chi connectivity index (χ0v) is 13.5. The Labute approximate surface area is 137 Å². The van der Waals surface area contributed by atoms with E-state index in [-0.39, 0.29) is 24.8 Å². The minimum atomic E-state index is -0.188. The largest absolute Gasteiger partial charge is 0.484 e. The molecule has 0 aliphatic heterocycles. The summed E-state index contributed by atoms with van der Waals surface area (Å²) in [5.74, 6) is 0.266. The predicted octanol–water partition coefficient (Wildman–Crippen LogP) is 1.22. The summed E-state index contributed by atoms with van der Waals surface area (Å²) in [6, 6.07) is 7.23. The molecule has 23 heavy (non-hydrogen) atoms. The first-order chi connectivity index (χ1) is 11.1. The summed E-state index contributed by atoms with van der Waals surface area (Å²) in [6.45, 7) is 0.283. The van der Waals surface area contributed by atoms with Gasteiger partial charge in [-0.05, 0) is 24.3 Å². The molecule has 0 radical (unpaired) electrons. The Morgan fingerprint density at radius 3 is 2.65 bits per heavy atom. The van der Waals surface area contributed by atoms with Crippen molar-refractivity contribution in [3.05, 3.63) is 29.6 Å². The van der Waals surface area contributed by atoms with Crippen molar-refractivity contribution in [1.82, 2.24) is 10.3 Å². The maximum atomic E-state index is 11.5. The van der Waals surface area contributed by atoms with Gasteiger partial charge in [0.25, 0.3) is 5.91 Å². The Balaban J connectivity index is 1.98. The second-order valence-electron chi connectivity index (χ2n) is 4.61. The number of amides is 2. The van der Waals surface area contributed by atoms with Gasteiger partial charge >= 0.3 is 0 Å². The fourth-order valence-electron chi connectivity index (χ4n) is 1.72. The van der Waals surface area contributed by atoms with Crippen LogP contribution in [0.4, 0.5) is 5.13 Å². The molecule has 8 heteroatoms. The number of likely N-dealkylation sites (N-methyl/N-ethyl adjacent to an activating group) is 1. The number of anilines is 1. The van der Waals surface area contributed by atoms with Crippen molar-refractivity contribution in [2.24, 2.45) is 5.73 Å². The molecule has 0 atom stereocenters. The number of benzene rings is 1. The minimum absolute atomic E-state index is 0.0239. The second kappa shape index (κ2) is 8.25. The molecule has 1 heterocycles. The lowest BCUT2D eigenvalue weighted by atomic mass is 10.2. The fraction of sp³-hybridized carbons (Fsp3) is 0.267. The molecule has 122 valence electrons. The van der Waals surface area contributed by atoms with Crippen molar-refractivity contribution in [2.45, 2.75) is 6.42 Å². The summed E-state index contributed by atoms with van der Waals surface area (Å²) >= 11 is 1.35. The van der Waals surface area contributed by atoms with E-state index in [9.17, 15) is 9.59 Å². The van der Waals surface area contributed by atoms with E-state index in [2.05, 4.69) is 15.6 Å². The highest BCUT2D eigenvalue weighted by Gasteiger charge is 2.08. The lowest BCUT2D eigenvalue weighted by molar-refractivity contribution is -0.122. The van der Waals surface area contributed by atoms with Gasteiger partial charge in [0.15, 0.2) is 11.7 Å². The lowest BCUT2D eigenvalue weighted by Gasteiger charge is -2.05. The third-order valence-corrected chi connectivity index (χ3v) is 3.68. The smallest absolute Gasteiger partial charge is 0.257 e. The van der Waals surface area contributed by atoms with Gasteiger partial charge in [0.1, 0.15) is 5.75 Å². The molecule has 7 nitrogen and oxygen atoms in total. The molecule has 2 aromatic rings. The van der Waals surface area contributed by atoms with Crippen LogP contribution in [-0.2, 0) is 9.59 Å². The summed E-state index contributed by atoms with van der Waals surface area (Å²) in [5, 5.41) is 7.59. The van der Waals surface area contributed by atoms with Crippen LogP contribution in [0.25, 0.3) is 11.3 Å². The number of nitrogens with zero attached hydrogens (tertiary/aromatic N) is 1. The number of rotatable bonds is 7. The Bertz CT molecular complexity index is 670. The van der Waals surface area contributed by atoms with Crippen LogP contribution in [0.1, 0.15) is 6.42 Å². The van der Waals surface area contributed by atoms with Crippen molar-refractivity contribution < 1.29 is 14.3 Å². The average molecular weight is 334 g/mol. The van der Waals surface area contributed by atoms with Gasteiger partial charge in [-0.2, -0.15) is 0 Å². The zero-order valence-electron chi connectivity index (χ0n) is 12.7. The molecule has 4 N–H and O–H groups in total. The van der Waals surface area contributed by atoms with E-state index < -0.39 is 0 Å². The molecule has 0 aliphatic rings. The predicted molar refractivity (Wildman–Crippen MR) is 89.4 cm³/mol. The lowest BCUT2D eigenvalue weighted by Crippen LogP contribution is -2.24. The molecule has 0 fully saturated rings. The van der Waals surface area contributed by atoms with Crippen LogP contribution in [0.2, 0.25) is 0 Å². The van der Waals surface area contributed by atoms with E-state index in [0.29, 0.717) is 17.4 Å². The first-order valence-corrected chi connectivity index (χ1v) is 7.89. The number of hydrogen-bond donors (Lipinski definition) is 3. The van der Waals surface area contributed by atoms with Crippen LogP contribution in [0, 0.1) is 0 Å². The maximum Gasteiger partial charge on any atom is 0.257 e. The SMILES string of the molecule is CNC(=O)COc1ccc(-c2csc(NC(=O)CCN)n2)cc1. The summed E-state index contributed by atoms with van der Waals surface area (Å²) < 4.78 is 5.34. The van der Waals surface area contributed by atoms with Crippen LogP contribution < -0.4 is 21.1 Å². The van der Waals surface area contributed by atoms with Crippen molar-refractivity contribution in [2.75, 3.05) is 25.5 Å². The van der Waals surface area contributed by atoms with E-state index >= 15 is 0 Å². The molecule has 1 aromatic carbocycles. The van der Waals surface area contributed by atoms with Gasteiger partial charge in [0.05, 0.1) is 5.69 Å². The third-order valence-electron chi connectivity index (χ3n) is 2.92. The molecule has 1 aromatic heterocycles. The van der Waals surface area contributed by atoms with Gasteiger partial charge in [-0.3, -0.25) is 9.59 Å². The van der Waals surface area contributed by atoms with Gasteiger partial charge in [-0.25, -0.2) is 4.98 Å². The van der Waals surface area contributed by atoms with E-state index in [0.717, 1.165) is 11.3 Å². The van der Waals surface area contributed by atoms with Gasteiger partial charge in [0.2, 0.25) is 5.91 Å². The van der Waals surface area contributed by atoms with Gasteiger partial charge < -0.3 is 21.1 Å². The molecule has 0 unspecified atom stereocenters. The average Bonchev–Trinajstić information content (AvgIpc) is 3.01. The van der Waals surface area contributed by atoms with Crippen LogP contribution in [0.15, 0.2) is 29.6 Å². The standard InChI is InChI=1S/C15H18N4O3S/c1-17-14(21)8-22-11-4-2-10(3-5-11)12-9-23-15(18-12)19-13(20)6-7-16/h2-5,9H,6-8,16H2,1H3,(H,17,21)(H,18,19,20). The third kappa shape index (κ3) is 5.04. The highest BCUT2D eigenvalue weighted by molar-refractivity contribution is 7.14. The number of carbonyl (C=O) groups is 2. The Morgan fingerprint density at radius 2 is 2.00 bits per heavy atom. The molecule has 2 rings (SSSR count). The number of carbonyl (C=O) groups excluding carboxylic acids is 2. The zero-order chi connectivity index (χ0) is 16.7. The van der Waals surface area contributed by atoms with E-state index in [1.807, 2.05) is 17.5 Å². The molecule has 0 saturated carbocycles. The first kappa shape index (κ1) is 16.9. The quantitative estimate of drug-likeness (QED) is 0.706. The molecular formula is C15H18N4O3S. The van der Waals surface area contributed by atoms with Crippen molar-refractivity contribution in [3.63, 3.8) is 0 Å². The number of thiazole rings is 1. The van der Waals surface area contributed by atoms with E-state index in [4.69, 9.17) is 10.5 Å². The van der Waals surface area contributed by atoms with Crippen molar-refractivity contribution in [3.8, 4) is 17.0 Å². The van der Waals surface area contributed by atoms with E-state index in [1.54, 1.807) is 19.2 Å². The van der Waals surface area contributed by atoms with Crippen LogP contribution in [0.3, 0.4) is 0 Å². The Kier molecular flexibility index (Phi) is 6.07. The molecule has 2 amide bonds. The minimum Gasteiger partial charge on any atom is -0.484 e. The summed E-state index contributed by atoms with van der Waals surface area (Å²) in [6.07, 6.45) is 0.270. The number of nitrogens with one attached hydrogen (secondary N) is 2. The van der Waals surface area contributed by atoms with E-state index in [1.165, 1.54) is 11.3 Å². The van der Waals surface area contributed by atoms with Gasteiger partial charge in [0, 0.05) is 31.0 Å². The van der Waals surface area contributed by atoms with Crippen LogP contribution in [-0.4, -0.2) is 37.0 Å². The number of nitrogens with two attached hydrogens (primary N) is 1. The van der Waals surface area contributed by atoms with Crippen LogP contribution in [0.5, 0.6) is 5.75 Å². The number of aromatic nitrogens is 1. The highest BCUT2D eigenvalue weighted by Crippen LogP contribution is 2.26. The van der Waals surface area contributed by atoms with Gasteiger partial charge in [-0.1, -0.05) is 0 Å². The molecule has 0 aliphatic carbocycles. The summed E-state index contributed by atoms with van der Waals surface area (Å²) in [7, 11) is 1.56. The summed E-state index contributed by atoms with van der Waals surface area (Å²) in [4.78, 5) is 27.0. The Morgan fingerprint density at radius 1 is 1.26 bits per heavy atom. The highest BCUT2D eigenvalue weighted by atomic mass is 32.1. The van der Waals surface area contributed by atoms with Gasteiger partial charge in [-0.15, -0.1) is 11.3 Å². The molecule has 0 bridgehead atoms. The number of hydrogen-bond acceptors (Lipinski definition) is 6. The normalized spacial score (nSPS) is 10.2. The monoisotopic (exact) mass is 334 g/mol. The second-order valence-corrected chi connectivity index (χ2v) is 5.47.